The van der Waals surface area contributed by atoms with E-state index in [0.29, 0.717) is 25.4 Å². The Bertz CT molecular complexity index is 1160. The molecule has 1 saturated heterocycles. The summed E-state index contributed by atoms with van der Waals surface area (Å²) in [5.41, 5.74) is 1.53. The van der Waals surface area contributed by atoms with Crippen LogP contribution in [-0.4, -0.2) is 48.6 Å². The molecule has 4 rings (SSSR count). The average molecular weight is 502 g/mol. The van der Waals surface area contributed by atoms with Gasteiger partial charge in [0.2, 0.25) is 5.91 Å². The van der Waals surface area contributed by atoms with E-state index in [1.165, 1.54) is 17.0 Å². The maximum absolute atomic E-state index is 13.1. The second-order valence-electron chi connectivity index (χ2n) is 10.1. The van der Waals surface area contributed by atoms with E-state index >= 15 is 0 Å². The minimum Gasteiger partial charge on any atom is -0.493 e. The molecular weight excluding hydrogens is 467 g/mol. The van der Waals surface area contributed by atoms with E-state index < -0.39 is 11.7 Å². The molecule has 1 aliphatic rings. The van der Waals surface area contributed by atoms with Crippen molar-refractivity contribution in [3.8, 4) is 5.75 Å². The Morgan fingerprint density at radius 1 is 1.17 bits per heavy atom. The molecule has 1 aromatic heterocycles. The molecule has 2 heterocycles. The summed E-state index contributed by atoms with van der Waals surface area (Å²) < 4.78 is 44.9. The Morgan fingerprint density at radius 2 is 1.97 bits per heavy atom. The molecule has 0 unspecified atom stereocenters. The highest BCUT2D eigenvalue weighted by molar-refractivity contribution is 5.83. The van der Waals surface area contributed by atoms with Gasteiger partial charge >= 0.3 is 6.18 Å². The molecule has 0 radical (unpaired) electrons. The highest BCUT2D eigenvalue weighted by atomic mass is 19.4. The Kier molecular flexibility index (Phi) is 8.24. The SMILES string of the molecule is CC(C)CN1C[C@@H](COc2cccc(C(F)(F)F)c2)C[C@@H](C(=O)NCCc2c[nH]c3ccccc23)C1. The number of benzene rings is 2. The van der Waals surface area contributed by atoms with Crippen molar-refractivity contribution < 1.29 is 22.7 Å². The number of hydrogen-bond donors (Lipinski definition) is 2. The number of piperidine rings is 1. The normalized spacial score (nSPS) is 19.1. The Balaban J connectivity index is 1.34. The van der Waals surface area contributed by atoms with Gasteiger partial charge in [-0.2, -0.15) is 13.2 Å². The highest BCUT2D eigenvalue weighted by Gasteiger charge is 2.33. The van der Waals surface area contributed by atoms with E-state index in [1.54, 1.807) is 6.07 Å². The summed E-state index contributed by atoms with van der Waals surface area (Å²) in [6, 6.07) is 13.1. The van der Waals surface area contributed by atoms with Crippen molar-refractivity contribution in [2.75, 3.05) is 32.8 Å². The van der Waals surface area contributed by atoms with Crippen LogP contribution >= 0.6 is 0 Å². The van der Waals surface area contributed by atoms with Gasteiger partial charge in [0.05, 0.1) is 18.1 Å². The lowest BCUT2D eigenvalue weighted by atomic mass is 9.88. The number of carbonyl (C=O) groups is 1. The van der Waals surface area contributed by atoms with Crippen molar-refractivity contribution in [1.82, 2.24) is 15.2 Å². The first-order valence-electron chi connectivity index (χ1n) is 12.5. The predicted octanol–water partition coefficient (Wildman–Crippen LogP) is 5.52. The molecule has 0 saturated carbocycles. The van der Waals surface area contributed by atoms with Gasteiger partial charge in [-0.3, -0.25) is 4.79 Å². The van der Waals surface area contributed by atoms with Gasteiger partial charge in [-0.25, -0.2) is 0 Å². The summed E-state index contributed by atoms with van der Waals surface area (Å²) in [6.45, 7) is 7.40. The Hall–Kier alpha value is -3.00. The van der Waals surface area contributed by atoms with E-state index in [0.717, 1.165) is 37.2 Å². The Labute approximate surface area is 210 Å². The van der Waals surface area contributed by atoms with Crippen molar-refractivity contribution in [1.29, 1.82) is 0 Å². The van der Waals surface area contributed by atoms with Crippen LogP contribution in [0.2, 0.25) is 0 Å². The monoisotopic (exact) mass is 501 g/mol. The molecular formula is C28H34F3N3O2. The molecule has 1 amide bonds. The second-order valence-corrected chi connectivity index (χ2v) is 10.1. The number of alkyl halides is 3. The summed E-state index contributed by atoms with van der Waals surface area (Å²) in [5.74, 6) is 0.531. The summed E-state index contributed by atoms with van der Waals surface area (Å²) in [7, 11) is 0. The number of aromatic amines is 1. The van der Waals surface area contributed by atoms with E-state index in [4.69, 9.17) is 4.74 Å². The zero-order chi connectivity index (χ0) is 25.7. The fourth-order valence-corrected chi connectivity index (χ4v) is 5.06. The lowest BCUT2D eigenvalue weighted by Gasteiger charge is -2.38. The molecule has 2 aromatic carbocycles. The van der Waals surface area contributed by atoms with E-state index in [9.17, 15) is 18.0 Å². The zero-order valence-electron chi connectivity index (χ0n) is 20.8. The molecule has 0 bridgehead atoms. The van der Waals surface area contributed by atoms with Crippen molar-refractivity contribution in [3.63, 3.8) is 0 Å². The number of nitrogens with zero attached hydrogens (tertiary/aromatic N) is 1. The van der Waals surface area contributed by atoms with Crippen LogP contribution in [0, 0.1) is 17.8 Å². The van der Waals surface area contributed by atoms with Gasteiger partial charge in [0.25, 0.3) is 0 Å². The number of fused-ring (bicyclic) bond motifs is 1. The van der Waals surface area contributed by atoms with Crippen LogP contribution < -0.4 is 10.1 Å². The van der Waals surface area contributed by atoms with E-state index in [2.05, 4.69) is 35.1 Å². The third-order valence-corrected chi connectivity index (χ3v) is 6.62. The van der Waals surface area contributed by atoms with Crippen LogP contribution in [-0.2, 0) is 17.4 Å². The minimum atomic E-state index is -4.41. The molecule has 1 fully saturated rings. The van der Waals surface area contributed by atoms with E-state index in [-0.39, 0.29) is 30.1 Å². The molecule has 194 valence electrons. The van der Waals surface area contributed by atoms with Crippen LogP contribution in [0.4, 0.5) is 13.2 Å². The quantitative estimate of drug-likeness (QED) is 0.406. The topological polar surface area (TPSA) is 57.4 Å². The first-order chi connectivity index (χ1) is 17.2. The smallest absolute Gasteiger partial charge is 0.416 e. The maximum Gasteiger partial charge on any atom is 0.416 e. The summed E-state index contributed by atoms with van der Waals surface area (Å²) in [5, 5.41) is 4.27. The zero-order valence-corrected chi connectivity index (χ0v) is 20.8. The van der Waals surface area contributed by atoms with Crippen LogP contribution in [0.3, 0.4) is 0 Å². The number of amides is 1. The van der Waals surface area contributed by atoms with Gasteiger partial charge in [-0.15, -0.1) is 0 Å². The standard InChI is InChI=1S/C28H34F3N3O2/c1-19(2)15-34-16-20(18-36-24-7-5-6-23(13-24)28(29,30)31)12-22(17-34)27(35)32-11-10-21-14-33-26-9-4-3-8-25(21)26/h3-9,13-14,19-20,22,33H,10-12,15-18H2,1-2H3,(H,32,35)/t20-,22+/m0/s1. The molecule has 5 nitrogen and oxygen atoms in total. The van der Waals surface area contributed by atoms with Gasteiger partial charge < -0.3 is 19.9 Å². The van der Waals surface area contributed by atoms with Gasteiger partial charge in [-0.1, -0.05) is 38.1 Å². The third kappa shape index (κ3) is 6.81. The first-order valence-corrected chi connectivity index (χ1v) is 12.5. The molecule has 1 aliphatic heterocycles. The number of hydrogen-bond acceptors (Lipinski definition) is 3. The number of aromatic nitrogens is 1. The van der Waals surface area contributed by atoms with Crippen molar-refractivity contribution >= 4 is 16.8 Å². The largest absolute Gasteiger partial charge is 0.493 e. The minimum absolute atomic E-state index is 0.0207. The molecule has 0 aliphatic carbocycles. The molecule has 0 spiro atoms. The fraction of sp³-hybridized carbons (Fsp3) is 0.464. The number of carbonyl (C=O) groups excluding carboxylic acids is 1. The van der Waals surface area contributed by atoms with Crippen LogP contribution in [0.25, 0.3) is 10.9 Å². The number of para-hydroxylation sites is 1. The van der Waals surface area contributed by atoms with E-state index in [1.807, 2.05) is 24.4 Å². The van der Waals surface area contributed by atoms with Gasteiger partial charge in [0.1, 0.15) is 5.75 Å². The molecule has 2 atom stereocenters. The molecule has 3 aromatic rings. The van der Waals surface area contributed by atoms with Crippen molar-refractivity contribution in [2.24, 2.45) is 17.8 Å². The number of nitrogens with one attached hydrogen (secondary N) is 2. The van der Waals surface area contributed by atoms with Gasteiger partial charge in [0.15, 0.2) is 0 Å². The fourth-order valence-electron chi connectivity index (χ4n) is 5.06. The predicted molar refractivity (Wildman–Crippen MR) is 135 cm³/mol. The number of ether oxygens (including phenoxy) is 1. The van der Waals surface area contributed by atoms with Crippen LogP contribution in [0.1, 0.15) is 31.4 Å². The van der Waals surface area contributed by atoms with Crippen LogP contribution in [0.5, 0.6) is 5.75 Å². The number of likely N-dealkylation sites (tertiary alicyclic amines) is 1. The van der Waals surface area contributed by atoms with Crippen molar-refractivity contribution in [2.45, 2.75) is 32.9 Å². The number of H-pyrrole nitrogens is 1. The first kappa shape index (κ1) is 26.1. The summed E-state index contributed by atoms with van der Waals surface area (Å²) >= 11 is 0. The third-order valence-electron chi connectivity index (χ3n) is 6.62. The molecule has 2 N–H and O–H groups in total. The summed E-state index contributed by atoms with van der Waals surface area (Å²) in [4.78, 5) is 18.6. The highest BCUT2D eigenvalue weighted by Crippen LogP contribution is 2.32. The maximum atomic E-state index is 13.1. The lowest BCUT2D eigenvalue weighted by molar-refractivity contribution is -0.137. The van der Waals surface area contributed by atoms with Gasteiger partial charge in [-0.05, 0) is 48.6 Å². The average Bonchev–Trinajstić information content (AvgIpc) is 3.25. The van der Waals surface area contributed by atoms with Gasteiger partial charge in [0, 0.05) is 49.2 Å². The van der Waals surface area contributed by atoms with Crippen molar-refractivity contribution in [3.05, 3.63) is 65.9 Å². The molecule has 8 heteroatoms. The summed E-state index contributed by atoms with van der Waals surface area (Å²) in [6.07, 6.45) is -1.04. The number of rotatable bonds is 9. The lowest BCUT2D eigenvalue weighted by Crippen LogP contribution is -2.48. The number of halogens is 3. The van der Waals surface area contributed by atoms with Crippen LogP contribution in [0.15, 0.2) is 54.7 Å². The molecule has 36 heavy (non-hydrogen) atoms. The Morgan fingerprint density at radius 3 is 2.75 bits per heavy atom. The second kappa shape index (κ2) is 11.4.